The van der Waals surface area contributed by atoms with Crippen molar-refractivity contribution < 1.29 is 19.0 Å². The molecule has 0 aliphatic heterocycles. The van der Waals surface area contributed by atoms with Crippen LogP contribution in [0.2, 0.25) is 0 Å². The zero-order chi connectivity index (χ0) is 13.7. The summed E-state index contributed by atoms with van der Waals surface area (Å²) in [6.07, 6.45) is 3.21. The number of carbonyl (C=O) groups is 1. The highest BCUT2D eigenvalue weighted by Gasteiger charge is 2.13. The monoisotopic (exact) mass is 264 g/mol. The summed E-state index contributed by atoms with van der Waals surface area (Å²) in [6.45, 7) is 3.10. The number of hydrogen-bond acceptors (Lipinski definition) is 5. The number of ether oxygens (including phenoxy) is 3. The number of pyridine rings is 1. The van der Waals surface area contributed by atoms with Crippen LogP contribution >= 0.6 is 0 Å². The topological polar surface area (TPSA) is 62.1 Å². The van der Waals surface area contributed by atoms with Gasteiger partial charge in [-0.2, -0.15) is 5.10 Å². The van der Waals surface area contributed by atoms with E-state index in [1.807, 2.05) is 0 Å². The predicted molar refractivity (Wildman–Crippen MR) is 68.5 cm³/mol. The van der Waals surface area contributed by atoms with E-state index in [1.54, 1.807) is 36.9 Å². The normalized spacial score (nSPS) is 10.6. The van der Waals surface area contributed by atoms with E-state index in [0.29, 0.717) is 36.7 Å². The van der Waals surface area contributed by atoms with E-state index in [1.165, 1.54) is 6.20 Å². The fourth-order valence-corrected chi connectivity index (χ4v) is 1.66. The molecule has 0 bridgehead atoms. The Kier molecular flexibility index (Phi) is 4.35. The van der Waals surface area contributed by atoms with Gasteiger partial charge in [-0.05, 0) is 19.1 Å². The van der Waals surface area contributed by atoms with Gasteiger partial charge in [0, 0.05) is 7.11 Å². The number of hydrogen-bond donors (Lipinski definition) is 0. The highest BCUT2D eigenvalue weighted by atomic mass is 16.5. The van der Waals surface area contributed by atoms with Gasteiger partial charge in [0.1, 0.15) is 17.9 Å². The van der Waals surface area contributed by atoms with Crippen molar-refractivity contribution >= 4 is 11.5 Å². The molecular weight excluding hydrogens is 248 g/mol. The van der Waals surface area contributed by atoms with Gasteiger partial charge in [0.05, 0.1) is 31.1 Å². The van der Waals surface area contributed by atoms with Gasteiger partial charge in [0.2, 0.25) is 0 Å². The minimum Gasteiger partial charge on any atom is -0.490 e. The van der Waals surface area contributed by atoms with Crippen molar-refractivity contribution in [1.29, 1.82) is 0 Å². The number of methoxy groups -OCH3 is 1. The molecule has 2 rings (SSSR count). The summed E-state index contributed by atoms with van der Waals surface area (Å²) in [7, 11) is 1.62. The van der Waals surface area contributed by atoms with Crippen LogP contribution in [0.3, 0.4) is 0 Å². The number of aromatic nitrogens is 2. The first kappa shape index (κ1) is 13.4. The van der Waals surface area contributed by atoms with Crippen molar-refractivity contribution in [2.75, 3.05) is 26.9 Å². The average molecular weight is 264 g/mol. The van der Waals surface area contributed by atoms with Crippen LogP contribution in [0.1, 0.15) is 17.3 Å². The van der Waals surface area contributed by atoms with E-state index in [-0.39, 0.29) is 5.97 Å². The van der Waals surface area contributed by atoms with Gasteiger partial charge in [-0.15, -0.1) is 0 Å². The maximum atomic E-state index is 11.7. The fourth-order valence-electron chi connectivity index (χ4n) is 1.66. The zero-order valence-corrected chi connectivity index (χ0v) is 11.0. The molecular formula is C13H16N2O4. The summed E-state index contributed by atoms with van der Waals surface area (Å²) < 4.78 is 16.9. The number of esters is 1. The Labute approximate surface area is 110 Å². The summed E-state index contributed by atoms with van der Waals surface area (Å²) in [5.41, 5.74) is 1.14. The Hall–Kier alpha value is -2.08. The molecule has 0 saturated carbocycles. The summed E-state index contributed by atoms with van der Waals surface area (Å²) in [4.78, 5) is 11.7. The molecule has 0 unspecified atom stereocenters. The maximum absolute atomic E-state index is 11.7. The van der Waals surface area contributed by atoms with Gasteiger partial charge in [-0.25, -0.2) is 9.31 Å². The molecule has 2 heterocycles. The first-order valence-corrected chi connectivity index (χ1v) is 6.02. The number of rotatable bonds is 6. The van der Waals surface area contributed by atoms with Crippen molar-refractivity contribution in [2.24, 2.45) is 0 Å². The van der Waals surface area contributed by atoms with Crippen molar-refractivity contribution in [3.05, 3.63) is 30.1 Å². The Balaban J connectivity index is 2.19. The quantitative estimate of drug-likeness (QED) is 0.585. The number of carbonyl (C=O) groups excluding carboxylic acids is 1. The lowest BCUT2D eigenvalue weighted by molar-refractivity contribution is 0.0528. The highest BCUT2D eigenvalue weighted by Crippen LogP contribution is 2.17. The number of fused-ring (bicyclic) bond motifs is 1. The van der Waals surface area contributed by atoms with E-state index in [0.717, 1.165) is 0 Å². The highest BCUT2D eigenvalue weighted by molar-refractivity contribution is 5.96. The smallest absolute Gasteiger partial charge is 0.341 e. The Morgan fingerprint density at radius 1 is 1.37 bits per heavy atom. The molecule has 0 aromatic carbocycles. The Morgan fingerprint density at radius 3 is 2.95 bits per heavy atom. The van der Waals surface area contributed by atoms with Gasteiger partial charge in [0.25, 0.3) is 0 Å². The summed E-state index contributed by atoms with van der Waals surface area (Å²) >= 11 is 0. The van der Waals surface area contributed by atoms with Crippen molar-refractivity contribution in [3.8, 4) is 5.75 Å². The van der Waals surface area contributed by atoms with Crippen LogP contribution in [0.4, 0.5) is 0 Å². The largest absolute Gasteiger partial charge is 0.490 e. The molecule has 0 amide bonds. The van der Waals surface area contributed by atoms with Crippen LogP contribution < -0.4 is 4.74 Å². The zero-order valence-electron chi connectivity index (χ0n) is 11.0. The second-order valence-corrected chi connectivity index (χ2v) is 3.81. The third-order valence-electron chi connectivity index (χ3n) is 2.54. The lowest BCUT2D eigenvalue weighted by atomic mass is 10.2. The van der Waals surface area contributed by atoms with Crippen LogP contribution in [0.25, 0.3) is 5.52 Å². The molecule has 102 valence electrons. The maximum Gasteiger partial charge on any atom is 0.341 e. The fraction of sp³-hybridized carbons (Fsp3) is 0.385. The second-order valence-electron chi connectivity index (χ2n) is 3.81. The van der Waals surface area contributed by atoms with Gasteiger partial charge < -0.3 is 14.2 Å². The summed E-state index contributed by atoms with van der Waals surface area (Å²) in [6, 6.07) is 3.57. The predicted octanol–water partition coefficient (Wildman–Crippen LogP) is 1.54. The van der Waals surface area contributed by atoms with Gasteiger partial charge in [-0.3, -0.25) is 0 Å². The van der Waals surface area contributed by atoms with Crippen molar-refractivity contribution in [3.63, 3.8) is 0 Å². The molecule has 0 radical (unpaired) electrons. The van der Waals surface area contributed by atoms with Gasteiger partial charge >= 0.3 is 5.97 Å². The molecule has 0 N–H and O–H groups in total. The Bertz CT molecular complexity index is 565. The molecule has 0 fully saturated rings. The molecule has 0 saturated heterocycles. The average Bonchev–Trinajstić information content (AvgIpc) is 2.82. The van der Waals surface area contributed by atoms with Gasteiger partial charge in [0.15, 0.2) is 0 Å². The van der Waals surface area contributed by atoms with Crippen molar-refractivity contribution in [1.82, 2.24) is 9.61 Å². The molecule has 6 nitrogen and oxygen atoms in total. The van der Waals surface area contributed by atoms with Crippen LogP contribution in [0.15, 0.2) is 24.5 Å². The minimum atomic E-state index is -0.370. The van der Waals surface area contributed by atoms with E-state index < -0.39 is 0 Å². The molecule has 0 atom stereocenters. The molecule has 19 heavy (non-hydrogen) atoms. The first-order chi connectivity index (χ1) is 9.26. The molecule has 0 aliphatic carbocycles. The van der Waals surface area contributed by atoms with Crippen LogP contribution in [-0.4, -0.2) is 42.5 Å². The van der Waals surface area contributed by atoms with Gasteiger partial charge in [-0.1, -0.05) is 0 Å². The van der Waals surface area contributed by atoms with Crippen LogP contribution in [-0.2, 0) is 9.47 Å². The molecule has 2 aromatic rings. The summed E-state index contributed by atoms with van der Waals surface area (Å²) in [5, 5.41) is 4.12. The van der Waals surface area contributed by atoms with Crippen LogP contribution in [0.5, 0.6) is 5.75 Å². The molecule has 0 spiro atoms. The Morgan fingerprint density at radius 2 is 2.21 bits per heavy atom. The number of nitrogens with zero attached hydrogens (tertiary/aromatic N) is 2. The van der Waals surface area contributed by atoms with E-state index in [4.69, 9.17) is 14.2 Å². The minimum absolute atomic E-state index is 0.342. The standard InChI is InChI=1S/C13H16N2O4/c1-3-18-13(16)11-8-14-15-9-10(4-5-12(11)15)19-7-6-17-2/h4-5,8-9H,3,6-7H2,1-2H3. The van der Waals surface area contributed by atoms with Crippen LogP contribution in [0, 0.1) is 0 Å². The van der Waals surface area contributed by atoms with E-state index in [9.17, 15) is 4.79 Å². The first-order valence-electron chi connectivity index (χ1n) is 6.02. The van der Waals surface area contributed by atoms with E-state index in [2.05, 4.69) is 5.10 Å². The lowest BCUT2D eigenvalue weighted by Crippen LogP contribution is -2.05. The van der Waals surface area contributed by atoms with E-state index >= 15 is 0 Å². The third kappa shape index (κ3) is 3.03. The molecule has 2 aromatic heterocycles. The SMILES string of the molecule is CCOC(=O)c1cnn2cc(OCCOC)ccc12. The third-order valence-corrected chi connectivity index (χ3v) is 2.54. The molecule has 6 heteroatoms. The lowest BCUT2D eigenvalue weighted by Gasteiger charge is -2.05. The molecule has 0 aliphatic rings. The van der Waals surface area contributed by atoms with Crippen molar-refractivity contribution in [2.45, 2.75) is 6.92 Å². The second kappa shape index (κ2) is 6.19. The summed E-state index contributed by atoms with van der Waals surface area (Å²) in [5.74, 6) is 0.300.